The highest BCUT2D eigenvalue weighted by atomic mass is 32.2. The fourth-order valence-electron chi connectivity index (χ4n) is 0.795. The highest BCUT2D eigenvalue weighted by molar-refractivity contribution is 8.14. The zero-order valence-corrected chi connectivity index (χ0v) is 11.1. The molecule has 6 N–H and O–H groups in total. The van der Waals surface area contributed by atoms with Crippen molar-refractivity contribution in [3.63, 3.8) is 0 Å². The number of nitrogens with two attached hydrogens (primary N) is 2. The Bertz CT molecular complexity index is 259. The molecule has 0 aliphatic carbocycles. The second kappa shape index (κ2) is 12.3. The van der Waals surface area contributed by atoms with Gasteiger partial charge in [0, 0.05) is 6.92 Å². The first-order valence-electron chi connectivity index (χ1n) is 5.34. The van der Waals surface area contributed by atoms with Gasteiger partial charge in [0.1, 0.15) is 6.04 Å². The highest BCUT2D eigenvalue weighted by Gasteiger charge is 2.09. The van der Waals surface area contributed by atoms with Crippen molar-refractivity contribution in [3.05, 3.63) is 0 Å². The molecular weight excluding hydrogens is 260 g/mol. The van der Waals surface area contributed by atoms with Crippen LogP contribution in [-0.2, 0) is 14.4 Å². The van der Waals surface area contributed by atoms with Gasteiger partial charge in [0.05, 0.1) is 5.75 Å². The third-order valence-electron chi connectivity index (χ3n) is 1.69. The van der Waals surface area contributed by atoms with Crippen LogP contribution in [0.2, 0.25) is 0 Å². The summed E-state index contributed by atoms with van der Waals surface area (Å²) in [4.78, 5) is 29.9. The summed E-state index contributed by atoms with van der Waals surface area (Å²) in [6.45, 7) is 1.94. The molecule has 18 heavy (non-hydrogen) atoms. The van der Waals surface area contributed by atoms with Crippen LogP contribution < -0.4 is 11.5 Å². The third kappa shape index (κ3) is 17.3. The molecule has 0 aromatic rings. The second-order valence-electron chi connectivity index (χ2n) is 3.40. The topological polar surface area (TPSA) is 144 Å². The molecule has 0 rings (SSSR count). The Morgan fingerprint density at radius 2 is 1.78 bits per heavy atom. The van der Waals surface area contributed by atoms with E-state index in [9.17, 15) is 14.4 Å². The van der Waals surface area contributed by atoms with Crippen LogP contribution in [0.15, 0.2) is 0 Å². The van der Waals surface area contributed by atoms with Crippen LogP contribution in [0.4, 0.5) is 0 Å². The van der Waals surface area contributed by atoms with E-state index in [-0.39, 0.29) is 10.9 Å². The molecule has 0 aromatic heterocycles. The summed E-state index contributed by atoms with van der Waals surface area (Å²) in [7, 11) is 0. The van der Waals surface area contributed by atoms with Crippen molar-refractivity contribution < 1.29 is 24.6 Å². The molecule has 0 unspecified atom stereocenters. The van der Waals surface area contributed by atoms with Gasteiger partial charge in [0.15, 0.2) is 5.12 Å². The van der Waals surface area contributed by atoms with Crippen molar-refractivity contribution >= 4 is 28.8 Å². The predicted octanol–water partition coefficient (Wildman–Crippen LogP) is -0.122. The molecule has 8 heteroatoms. The largest absolute Gasteiger partial charge is 0.481 e. The van der Waals surface area contributed by atoms with E-state index in [0.29, 0.717) is 13.0 Å². The Morgan fingerprint density at radius 1 is 1.22 bits per heavy atom. The van der Waals surface area contributed by atoms with Crippen molar-refractivity contribution in [3.8, 4) is 0 Å². The van der Waals surface area contributed by atoms with Crippen molar-refractivity contribution in [2.24, 2.45) is 11.5 Å². The monoisotopic (exact) mass is 280 g/mol. The first-order valence-corrected chi connectivity index (χ1v) is 6.33. The summed E-state index contributed by atoms with van der Waals surface area (Å²) in [5.74, 6) is -2.02. The standard InChI is InChI=1S/C6H14N2O2.C4H6O3S/c7-4-2-1-3-5(8)6(9)10;1-3(5)8-2-4(6)7/h5H,1-4,7-8H2,(H,9,10);2H2,1H3,(H,6,7)/t5-;/m0./s1. The molecular formula is C10H20N2O5S. The molecule has 0 bridgehead atoms. The van der Waals surface area contributed by atoms with Gasteiger partial charge in [0.2, 0.25) is 0 Å². The minimum atomic E-state index is -0.954. The summed E-state index contributed by atoms with van der Waals surface area (Å²) in [5.41, 5.74) is 10.4. The lowest BCUT2D eigenvalue weighted by atomic mass is 10.1. The number of unbranched alkanes of at least 4 members (excludes halogenated alkanes) is 1. The molecule has 0 aromatic carbocycles. The summed E-state index contributed by atoms with van der Waals surface area (Å²) in [6.07, 6.45) is 2.16. The van der Waals surface area contributed by atoms with Crippen molar-refractivity contribution in [1.29, 1.82) is 0 Å². The van der Waals surface area contributed by atoms with Crippen molar-refractivity contribution in [2.75, 3.05) is 12.3 Å². The van der Waals surface area contributed by atoms with Crippen LogP contribution in [-0.4, -0.2) is 45.6 Å². The van der Waals surface area contributed by atoms with E-state index in [1.165, 1.54) is 6.92 Å². The van der Waals surface area contributed by atoms with Crippen molar-refractivity contribution in [2.45, 2.75) is 32.2 Å². The van der Waals surface area contributed by atoms with Gasteiger partial charge in [-0.2, -0.15) is 0 Å². The number of hydrogen-bond donors (Lipinski definition) is 4. The molecule has 0 radical (unpaired) electrons. The van der Waals surface area contributed by atoms with Gasteiger partial charge in [-0.3, -0.25) is 14.4 Å². The average molecular weight is 280 g/mol. The van der Waals surface area contributed by atoms with E-state index in [4.69, 9.17) is 21.7 Å². The summed E-state index contributed by atoms with van der Waals surface area (Å²) in [5, 5.41) is 16.2. The molecule has 0 aliphatic heterocycles. The van der Waals surface area contributed by atoms with E-state index in [0.717, 1.165) is 24.6 Å². The molecule has 0 heterocycles. The molecule has 0 fully saturated rings. The lowest BCUT2D eigenvalue weighted by molar-refractivity contribution is -0.138. The summed E-state index contributed by atoms with van der Waals surface area (Å²) < 4.78 is 0. The highest BCUT2D eigenvalue weighted by Crippen LogP contribution is 1.98. The van der Waals surface area contributed by atoms with Gasteiger partial charge in [-0.05, 0) is 19.4 Å². The molecule has 0 saturated carbocycles. The maximum atomic E-state index is 10.1. The molecule has 0 aliphatic rings. The fraction of sp³-hybridized carbons (Fsp3) is 0.700. The van der Waals surface area contributed by atoms with Gasteiger partial charge in [-0.1, -0.05) is 18.2 Å². The Kier molecular flexibility index (Phi) is 13.2. The van der Waals surface area contributed by atoms with Crippen molar-refractivity contribution in [1.82, 2.24) is 0 Å². The maximum Gasteiger partial charge on any atom is 0.320 e. The fourth-order valence-corrected chi connectivity index (χ4v) is 1.12. The second-order valence-corrected chi connectivity index (χ2v) is 4.56. The summed E-state index contributed by atoms with van der Waals surface area (Å²) in [6, 6.07) is -0.716. The quantitative estimate of drug-likeness (QED) is 0.472. The van der Waals surface area contributed by atoms with E-state index in [2.05, 4.69) is 0 Å². The van der Waals surface area contributed by atoms with Gasteiger partial charge < -0.3 is 21.7 Å². The number of rotatable bonds is 7. The molecule has 1 atom stereocenters. The van der Waals surface area contributed by atoms with E-state index in [1.54, 1.807) is 0 Å². The van der Waals surface area contributed by atoms with Gasteiger partial charge >= 0.3 is 11.9 Å². The molecule has 0 amide bonds. The number of aliphatic carboxylic acids is 2. The van der Waals surface area contributed by atoms with Crippen LogP contribution in [0.1, 0.15) is 26.2 Å². The smallest absolute Gasteiger partial charge is 0.320 e. The van der Waals surface area contributed by atoms with Crippen LogP contribution in [0.5, 0.6) is 0 Å². The molecule has 0 saturated heterocycles. The lowest BCUT2D eigenvalue weighted by Crippen LogP contribution is -2.29. The minimum Gasteiger partial charge on any atom is -0.481 e. The van der Waals surface area contributed by atoms with Crippen LogP contribution in [0, 0.1) is 0 Å². The predicted molar refractivity (Wildman–Crippen MR) is 69.3 cm³/mol. The average Bonchev–Trinajstić information content (AvgIpc) is 2.27. The Hall–Kier alpha value is -1.12. The van der Waals surface area contributed by atoms with Gasteiger partial charge in [-0.15, -0.1) is 0 Å². The third-order valence-corrected chi connectivity index (χ3v) is 2.48. The first-order chi connectivity index (χ1) is 8.31. The van der Waals surface area contributed by atoms with Crippen LogP contribution >= 0.6 is 11.8 Å². The number of carbonyl (C=O) groups excluding carboxylic acids is 1. The van der Waals surface area contributed by atoms with E-state index in [1.807, 2.05) is 0 Å². The van der Waals surface area contributed by atoms with Crippen LogP contribution in [0.25, 0.3) is 0 Å². The summed E-state index contributed by atoms with van der Waals surface area (Å²) >= 11 is 0.801. The Labute approximate surface area is 110 Å². The molecule has 106 valence electrons. The Morgan fingerprint density at radius 3 is 2.06 bits per heavy atom. The Balaban J connectivity index is 0. The number of hydrogen-bond acceptors (Lipinski definition) is 6. The lowest BCUT2D eigenvalue weighted by Gasteiger charge is -2.03. The van der Waals surface area contributed by atoms with E-state index < -0.39 is 18.0 Å². The number of thioether (sulfide) groups is 1. The number of carboxylic acid groups (broad SMARTS) is 2. The minimum absolute atomic E-state index is 0.130. The zero-order valence-electron chi connectivity index (χ0n) is 10.3. The molecule has 7 nitrogen and oxygen atoms in total. The normalized spacial score (nSPS) is 11.1. The number of carboxylic acids is 2. The SMILES string of the molecule is CC(=O)SCC(=O)O.NCCCC[C@H](N)C(=O)O. The van der Waals surface area contributed by atoms with Crippen LogP contribution in [0.3, 0.4) is 0 Å². The van der Waals surface area contributed by atoms with Gasteiger partial charge in [0.25, 0.3) is 0 Å². The molecule has 0 spiro atoms. The van der Waals surface area contributed by atoms with Gasteiger partial charge in [-0.25, -0.2) is 0 Å². The zero-order chi connectivity index (χ0) is 14.6. The first kappa shape index (κ1) is 19.2. The van der Waals surface area contributed by atoms with E-state index >= 15 is 0 Å². The maximum absolute atomic E-state index is 10.1. The number of carbonyl (C=O) groups is 3.